The predicted octanol–water partition coefficient (Wildman–Crippen LogP) is 2.22. The molecule has 0 aromatic rings. The number of esters is 1. The quantitative estimate of drug-likeness (QED) is 0.745. The van der Waals surface area contributed by atoms with Crippen LogP contribution in [0.15, 0.2) is 0 Å². The van der Waals surface area contributed by atoms with E-state index in [-0.39, 0.29) is 11.6 Å². The third-order valence-electron chi connectivity index (χ3n) is 6.05. The summed E-state index contributed by atoms with van der Waals surface area (Å²) < 4.78 is 11.4. The topological polar surface area (TPSA) is 38.8 Å². The van der Waals surface area contributed by atoms with E-state index in [2.05, 4.69) is 4.90 Å². The lowest BCUT2D eigenvalue weighted by Crippen LogP contribution is -2.53. The molecule has 0 amide bonds. The molecular formula is C17H27NO3. The van der Waals surface area contributed by atoms with Crippen molar-refractivity contribution in [2.45, 2.75) is 50.5 Å². The normalized spacial score (nSPS) is 42.2. The van der Waals surface area contributed by atoms with Gasteiger partial charge in [-0.25, -0.2) is 0 Å². The van der Waals surface area contributed by atoms with Gasteiger partial charge in [-0.1, -0.05) is 0 Å². The summed E-state index contributed by atoms with van der Waals surface area (Å²) in [7, 11) is 0. The van der Waals surface area contributed by atoms with Crippen LogP contribution in [-0.2, 0) is 14.3 Å². The van der Waals surface area contributed by atoms with E-state index in [1.807, 2.05) is 0 Å². The Hall–Kier alpha value is -0.610. The van der Waals surface area contributed by atoms with Gasteiger partial charge in [-0.2, -0.15) is 0 Å². The first kappa shape index (κ1) is 14.0. The Morgan fingerprint density at radius 2 is 1.62 bits per heavy atom. The molecule has 5 rings (SSSR count). The monoisotopic (exact) mass is 293 g/mol. The van der Waals surface area contributed by atoms with E-state index in [0.717, 1.165) is 69.9 Å². The molecule has 4 nitrogen and oxygen atoms in total. The van der Waals surface area contributed by atoms with Crippen molar-refractivity contribution < 1.29 is 14.3 Å². The fourth-order valence-corrected chi connectivity index (χ4v) is 5.52. The molecule has 1 saturated heterocycles. The van der Waals surface area contributed by atoms with Crippen molar-refractivity contribution in [2.24, 2.45) is 17.8 Å². The van der Waals surface area contributed by atoms with Crippen LogP contribution in [0.2, 0.25) is 0 Å². The lowest BCUT2D eigenvalue weighted by atomic mass is 9.54. The van der Waals surface area contributed by atoms with Crippen molar-refractivity contribution in [3.05, 3.63) is 0 Å². The second kappa shape index (κ2) is 5.54. The van der Waals surface area contributed by atoms with Crippen LogP contribution in [0, 0.1) is 17.8 Å². The molecule has 5 aliphatic rings. The van der Waals surface area contributed by atoms with Gasteiger partial charge in [-0.15, -0.1) is 0 Å². The number of rotatable bonds is 4. The van der Waals surface area contributed by atoms with Gasteiger partial charge in [-0.3, -0.25) is 9.69 Å². The van der Waals surface area contributed by atoms with Gasteiger partial charge < -0.3 is 9.47 Å². The molecule has 4 aliphatic carbocycles. The van der Waals surface area contributed by atoms with Crippen LogP contribution >= 0.6 is 0 Å². The van der Waals surface area contributed by atoms with Crippen LogP contribution in [0.3, 0.4) is 0 Å². The number of carbonyl (C=O) groups is 1. The first-order valence-corrected chi connectivity index (χ1v) is 8.73. The summed E-state index contributed by atoms with van der Waals surface area (Å²) in [5.74, 6) is 2.54. The highest BCUT2D eigenvalue weighted by atomic mass is 16.6. The Morgan fingerprint density at radius 1 is 1.05 bits per heavy atom. The summed E-state index contributed by atoms with van der Waals surface area (Å²) in [5, 5.41) is 0. The molecule has 0 aromatic heterocycles. The predicted molar refractivity (Wildman–Crippen MR) is 78.9 cm³/mol. The van der Waals surface area contributed by atoms with Crippen molar-refractivity contribution in [1.29, 1.82) is 0 Å². The standard InChI is InChI=1S/C17H27NO3/c19-16(1-2-18-3-5-20-6-4-18)21-17-10-13-7-14(11-17)9-15(8-13)12-17/h13-15H,1-12H2. The Morgan fingerprint density at radius 3 is 2.19 bits per heavy atom. The van der Waals surface area contributed by atoms with Crippen molar-refractivity contribution in [3.8, 4) is 0 Å². The van der Waals surface area contributed by atoms with E-state index < -0.39 is 0 Å². The molecular weight excluding hydrogens is 266 g/mol. The number of hydrogen-bond donors (Lipinski definition) is 0. The summed E-state index contributed by atoms with van der Waals surface area (Å²) in [6.45, 7) is 4.32. The molecule has 0 N–H and O–H groups in total. The number of hydrogen-bond acceptors (Lipinski definition) is 4. The Bertz CT molecular complexity index is 368. The van der Waals surface area contributed by atoms with E-state index in [0.29, 0.717) is 6.42 Å². The Balaban J connectivity index is 1.30. The minimum atomic E-state index is -0.0726. The van der Waals surface area contributed by atoms with E-state index in [4.69, 9.17) is 9.47 Å². The van der Waals surface area contributed by atoms with Crippen LogP contribution in [0.1, 0.15) is 44.9 Å². The molecule has 1 aliphatic heterocycles. The first-order valence-electron chi connectivity index (χ1n) is 8.73. The van der Waals surface area contributed by atoms with Crippen molar-refractivity contribution in [2.75, 3.05) is 32.8 Å². The molecule has 4 bridgehead atoms. The van der Waals surface area contributed by atoms with E-state index in [9.17, 15) is 4.79 Å². The maximum atomic E-state index is 12.3. The van der Waals surface area contributed by atoms with Gasteiger partial charge in [0.15, 0.2) is 0 Å². The highest BCUT2D eigenvalue weighted by Gasteiger charge is 2.53. The highest BCUT2D eigenvalue weighted by molar-refractivity contribution is 5.70. The SMILES string of the molecule is O=C(CCN1CCOCC1)OC12CC3CC(CC(C3)C1)C2. The van der Waals surface area contributed by atoms with Crippen molar-refractivity contribution in [1.82, 2.24) is 4.90 Å². The molecule has 0 atom stereocenters. The van der Waals surface area contributed by atoms with Gasteiger partial charge in [0.2, 0.25) is 0 Å². The van der Waals surface area contributed by atoms with Crippen LogP contribution in [0.25, 0.3) is 0 Å². The summed E-state index contributed by atoms with van der Waals surface area (Å²) in [6, 6.07) is 0. The van der Waals surface area contributed by atoms with Gasteiger partial charge in [-0.05, 0) is 56.3 Å². The van der Waals surface area contributed by atoms with Crippen LogP contribution < -0.4 is 0 Å². The Kier molecular flexibility index (Phi) is 3.70. The molecule has 21 heavy (non-hydrogen) atoms. The van der Waals surface area contributed by atoms with Crippen LogP contribution in [0.4, 0.5) is 0 Å². The van der Waals surface area contributed by atoms with Gasteiger partial charge in [0.05, 0.1) is 19.6 Å². The average molecular weight is 293 g/mol. The summed E-state index contributed by atoms with van der Waals surface area (Å²) >= 11 is 0. The van der Waals surface area contributed by atoms with Crippen LogP contribution in [-0.4, -0.2) is 49.3 Å². The van der Waals surface area contributed by atoms with Gasteiger partial charge in [0.25, 0.3) is 0 Å². The van der Waals surface area contributed by atoms with Crippen LogP contribution in [0.5, 0.6) is 0 Å². The zero-order valence-electron chi connectivity index (χ0n) is 12.9. The molecule has 0 radical (unpaired) electrons. The minimum absolute atomic E-state index is 0.0310. The fraction of sp³-hybridized carbons (Fsp3) is 0.941. The smallest absolute Gasteiger partial charge is 0.307 e. The maximum Gasteiger partial charge on any atom is 0.307 e. The molecule has 0 spiro atoms. The lowest BCUT2D eigenvalue weighted by Gasteiger charge is -2.55. The molecule has 5 fully saturated rings. The third-order valence-corrected chi connectivity index (χ3v) is 6.05. The molecule has 4 saturated carbocycles. The highest BCUT2D eigenvalue weighted by Crippen LogP contribution is 2.57. The molecule has 118 valence electrons. The lowest BCUT2D eigenvalue weighted by molar-refractivity contribution is -0.187. The molecule has 1 heterocycles. The summed E-state index contributed by atoms with van der Waals surface area (Å²) in [5.41, 5.74) is -0.0726. The van der Waals surface area contributed by atoms with Gasteiger partial charge in [0, 0.05) is 19.6 Å². The Labute approximate surface area is 127 Å². The second-order valence-corrected chi connectivity index (χ2v) is 7.78. The number of carbonyl (C=O) groups excluding carboxylic acids is 1. The van der Waals surface area contributed by atoms with E-state index in [1.165, 1.54) is 19.3 Å². The molecule has 0 aromatic carbocycles. The van der Waals surface area contributed by atoms with Gasteiger partial charge in [0.1, 0.15) is 5.60 Å². The minimum Gasteiger partial charge on any atom is -0.459 e. The third kappa shape index (κ3) is 2.98. The van der Waals surface area contributed by atoms with E-state index in [1.54, 1.807) is 0 Å². The summed E-state index contributed by atoms with van der Waals surface area (Å²) in [4.78, 5) is 14.6. The van der Waals surface area contributed by atoms with E-state index >= 15 is 0 Å². The zero-order valence-corrected chi connectivity index (χ0v) is 12.9. The van der Waals surface area contributed by atoms with Crippen molar-refractivity contribution in [3.63, 3.8) is 0 Å². The van der Waals surface area contributed by atoms with Gasteiger partial charge >= 0.3 is 5.97 Å². The zero-order chi connectivity index (χ0) is 14.3. The molecule has 0 unspecified atom stereocenters. The average Bonchev–Trinajstić information content (AvgIpc) is 2.44. The first-order chi connectivity index (χ1) is 10.2. The summed E-state index contributed by atoms with van der Waals surface area (Å²) in [6.07, 6.45) is 8.15. The second-order valence-electron chi connectivity index (χ2n) is 7.78. The number of nitrogens with zero attached hydrogens (tertiary/aromatic N) is 1. The largest absolute Gasteiger partial charge is 0.459 e. The number of ether oxygens (including phenoxy) is 2. The van der Waals surface area contributed by atoms with Crippen molar-refractivity contribution >= 4 is 5.97 Å². The fourth-order valence-electron chi connectivity index (χ4n) is 5.52. The molecule has 4 heteroatoms. The number of morpholine rings is 1. The maximum absolute atomic E-state index is 12.3.